The number of nitrogens with one attached hydrogen (secondary N) is 1. The summed E-state index contributed by atoms with van der Waals surface area (Å²) in [5, 5.41) is 3.60. The fourth-order valence-electron chi connectivity index (χ4n) is 3.20. The fraction of sp³-hybridized carbons (Fsp3) is 1.00. The molecule has 2 atom stereocenters. The largest absolute Gasteiger partial charge is 0.316 e. The minimum absolute atomic E-state index is 0.593. The van der Waals surface area contributed by atoms with Crippen molar-refractivity contribution in [3.05, 3.63) is 0 Å². The molecule has 1 aliphatic carbocycles. The highest BCUT2D eigenvalue weighted by Gasteiger charge is 2.37. The van der Waals surface area contributed by atoms with Crippen molar-refractivity contribution in [2.75, 3.05) is 26.2 Å². The van der Waals surface area contributed by atoms with Gasteiger partial charge >= 0.3 is 0 Å². The lowest BCUT2D eigenvalue weighted by Gasteiger charge is -2.48. The SMILES string of the molecule is CCCNCC1CCC1N1CCC(C)(C)CC1. The molecule has 17 heavy (non-hydrogen) atoms. The molecule has 1 saturated heterocycles. The first-order chi connectivity index (χ1) is 8.12. The summed E-state index contributed by atoms with van der Waals surface area (Å²) >= 11 is 0. The molecule has 0 spiro atoms. The van der Waals surface area contributed by atoms with Gasteiger partial charge in [0.1, 0.15) is 0 Å². The van der Waals surface area contributed by atoms with Crippen molar-refractivity contribution in [2.45, 2.75) is 58.9 Å². The minimum Gasteiger partial charge on any atom is -0.316 e. The molecule has 0 amide bonds. The summed E-state index contributed by atoms with van der Waals surface area (Å²) in [7, 11) is 0. The smallest absolute Gasteiger partial charge is 0.0136 e. The molecule has 0 aromatic carbocycles. The highest BCUT2D eigenvalue weighted by Crippen LogP contribution is 2.37. The van der Waals surface area contributed by atoms with Crippen molar-refractivity contribution >= 4 is 0 Å². The van der Waals surface area contributed by atoms with Crippen molar-refractivity contribution in [2.24, 2.45) is 11.3 Å². The molecule has 0 aromatic heterocycles. The van der Waals surface area contributed by atoms with E-state index in [0.717, 1.165) is 12.0 Å². The number of piperidine rings is 1. The number of hydrogen-bond donors (Lipinski definition) is 1. The summed E-state index contributed by atoms with van der Waals surface area (Å²) < 4.78 is 0. The van der Waals surface area contributed by atoms with Gasteiger partial charge in [-0.3, -0.25) is 0 Å². The Bertz CT molecular complexity index is 227. The van der Waals surface area contributed by atoms with E-state index in [0.29, 0.717) is 5.41 Å². The van der Waals surface area contributed by atoms with Gasteiger partial charge in [0, 0.05) is 6.04 Å². The molecule has 1 saturated carbocycles. The van der Waals surface area contributed by atoms with Crippen LogP contribution < -0.4 is 5.32 Å². The summed E-state index contributed by atoms with van der Waals surface area (Å²) in [6, 6.07) is 0.899. The lowest BCUT2D eigenvalue weighted by Crippen LogP contribution is -2.53. The van der Waals surface area contributed by atoms with Gasteiger partial charge in [-0.2, -0.15) is 0 Å². The van der Waals surface area contributed by atoms with Crippen molar-refractivity contribution < 1.29 is 0 Å². The average molecular weight is 238 g/mol. The van der Waals surface area contributed by atoms with Crippen LogP contribution in [0.2, 0.25) is 0 Å². The molecule has 1 aliphatic heterocycles. The molecule has 1 heterocycles. The van der Waals surface area contributed by atoms with Crippen LogP contribution in [0.1, 0.15) is 52.9 Å². The molecular weight excluding hydrogens is 208 g/mol. The van der Waals surface area contributed by atoms with Crippen LogP contribution in [-0.4, -0.2) is 37.1 Å². The molecule has 2 unspecified atom stereocenters. The molecule has 0 radical (unpaired) electrons. The molecule has 2 fully saturated rings. The van der Waals surface area contributed by atoms with E-state index in [1.165, 1.54) is 58.3 Å². The first kappa shape index (κ1) is 13.4. The number of nitrogens with zero attached hydrogens (tertiary/aromatic N) is 1. The summed E-state index contributed by atoms with van der Waals surface area (Å²) in [5.74, 6) is 0.933. The van der Waals surface area contributed by atoms with E-state index < -0.39 is 0 Å². The van der Waals surface area contributed by atoms with Crippen LogP contribution in [0, 0.1) is 11.3 Å². The van der Waals surface area contributed by atoms with Gasteiger partial charge in [-0.1, -0.05) is 20.8 Å². The summed E-state index contributed by atoms with van der Waals surface area (Å²) in [6.07, 6.45) is 6.92. The van der Waals surface area contributed by atoms with Gasteiger partial charge in [0.2, 0.25) is 0 Å². The molecule has 2 nitrogen and oxygen atoms in total. The van der Waals surface area contributed by atoms with Gasteiger partial charge in [-0.05, 0) is 69.6 Å². The van der Waals surface area contributed by atoms with Crippen molar-refractivity contribution in [3.63, 3.8) is 0 Å². The lowest BCUT2D eigenvalue weighted by atomic mass is 9.75. The topological polar surface area (TPSA) is 15.3 Å². The minimum atomic E-state index is 0.593. The van der Waals surface area contributed by atoms with E-state index in [-0.39, 0.29) is 0 Å². The molecule has 1 N–H and O–H groups in total. The van der Waals surface area contributed by atoms with Crippen molar-refractivity contribution in [3.8, 4) is 0 Å². The third-order valence-electron chi connectivity index (χ3n) is 4.83. The molecule has 2 aliphatic rings. The number of likely N-dealkylation sites (tertiary alicyclic amines) is 1. The van der Waals surface area contributed by atoms with E-state index in [1.54, 1.807) is 0 Å². The Morgan fingerprint density at radius 3 is 2.41 bits per heavy atom. The van der Waals surface area contributed by atoms with Gasteiger partial charge in [0.05, 0.1) is 0 Å². The maximum Gasteiger partial charge on any atom is 0.0136 e. The molecular formula is C15H30N2. The molecule has 100 valence electrons. The van der Waals surface area contributed by atoms with Crippen LogP contribution in [0.5, 0.6) is 0 Å². The second kappa shape index (κ2) is 5.71. The van der Waals surface area contributed by atoms with Crippen LogP contribution in [0.3, 0.4) is 0 Å². The third-order valence-corrected chi connectivity index (χ3v) is 4.83. The second-order valence-corrected chi connectivity index (χ2v) is 6.81. The lowest BCUT2D eigenvalue weighted by molar-refractivity contribution is 0.0178. The van der Waals surface area contributed by atoms with E-state index in [9.17, 15) is 0 Å². The standard InChI is InChI=1S/C15H30N2/c1-4-9-16-12-13-5-6-14(13)17-10-7-15(2,3)8-11-17/h13-14,16H,4-12H2,1-3H3. The van der Waals surface area contributed by atoms with Crippen molar-refractivity contribution in [1.82, 2.24) is 10.2 Å². The van der Waals surface area contributed by atoms with Gasteiger partial charge in [-0.15, -0.1) is 0 Å². The van der Waals surface area contributed by atoms with Gasteiger partial charge < -0.3 is 10.2 Å². The predicted molar refractivity (Wildman–Crippen MR) is 74.3 cm³/mol. The zero-order valence-electron chi connectivity index (χ0n) is 12.0. The molecule has 2 heteroatoms. The maximum atomic E-state index is 3.60. The Balaban J connectivity index is 1.72. The van der Waals surface area contributed by atoms with Crippen LogP contribution in [-0.2, 0) is 0 Å². The van der Waals surface area contributed by atoms with E-state index in [4.69, 9.17) is 0 Å². The summed E-state index contributed by atoms with van der Waals surface area (Å²) in [5.41, 5.74) is 0.593. The maximum absolute atomic E-state index is 3.60. The zero-order chi connectivity index (χ0) is 12.3. The zero-order valence-corrected chi connectivity index (χ0v) is 12.0. The van der Waals surface area contributed by atoms with E-state index >= 15 is 0 Å². The van der Waals surface area contributed by atoms with Crippen LogP contribution in [0.4, 0.5) is 0 Å². The van der Waals surface area contributed by atoms with Gasteiger partial charge in [0.25, 0.3) is 0 Å². The van der Waals surface area contributed by atoms with E-state index in [1.807, 2.05) is 0 Å². The Morgan fingerprint density at radius 2 is 1.88 bits per heavy atom. The fourth-order valence-corrected chi connectivity index (χ4v) is 3.20. The Hall–Kier alpha value is -0.0800. The van der Waals surface area contributed by atoms with Gasteiger partial charge in [-0.25, -0.2) is 0 Å². The third kappa shape index (κ3) is 3.45. The Morgan fingerprint density at radius 1 is 1.18 bits per heavy atom. The van der Waals surface area contributed by atoms with Gasteiger partial charge in [0.15, 0.2) is 0 Å². The second-order valence-electron chi connectivity index (χ2n) is 6.81. The molecule has 2 rings (SSSR count). The highest BCUT2D eigenvalue weighted by atomic mass is 15.2. The first-order valence-electron chi connectivity index (χ1n) is 7.57. The quantitative estimate of drug-likeness (QED) is 0.741. The molecule has 0 bridgehead atoms. The number of hydrogen-bond acceptors (Lipinski definition) is 2. The highest BCUT2D eigenvalue weighted by molar-refractivity contribution is 4.92. The summed E-state index contributed by atoms with van der Waals surface area (Å²) in [4.78, 5) is 2.77. The average Bonchev–Trinajstić information content (AvgIpc) is 2.26. The van der Waals surface area contributed by atoms with Crippen LogP contribution in [0.25, 0.3) is 0 Å². The first-order valence-corrected chi connectivity index (χ1v) is 7.57. The summed E-state index contributed by atoms with van der Waals surface area (Å²) in [6.45, 7) is 12.2. The monoisotopic (exact) mass is 238 g/mol. The van der Waals surface area contributed by atoms with Crippen LogP contribution in [0.15, 0.2) is 0 Å². The number of rotatable bonds is 5. The van der Waals surface area contributed by atoms with E-state index in [2.05, 4.69) is 31.0 Å². The Kier molecular flexibility index (Phi) is 4.48. The molecule has 0 aromatic rings. The van der Waals surface area contributed by atoms with Crippen LogP contribution >= 0.6 is 0 Å². The normalized spacial score (nSPS) is 33.4. The Labute approximate surface area is 107 Å². The predicted octanol–water partition coefficient (Wildman–Crippen LogP) is 2.89. The van der Waals surface area contributed by atoms with Crippen molar-refractivity contribution in [1.29, 1.82) is 0 Å².